The Morgan fingerprint density at radius 2 is 1.83 bits per heavy atom. The van der Waals surface area contributed by atoms with Crippen molar-refractivity contribution in [2.24, 2.45) is 0 Å². The van der Waals surface area contributed by atoms with Gasteiger partial charge in [0.15, 0.2) is 0 Å². The standard InChI is InChI=1S/C29H28N4O2/c1-33(2)27(34)21-5-3-19(4-6-21)25-18-24(9-7-20(25)11-15-30)32-28(35)29(13-14-29)23-8-10-26-22(17-23)12-16-31-26/h3-10,17-18,31H,11-14,16H2,1-2H3,(H,32,35). The van der Waals surface area contributed by atoms with E-state index in [0.717, 1.165) is 48.1 Å². The lowest BCUT2D eigenvalue weighted by Gasteiger charge is -2.18. The van der Waals surface area contributed by atoms with Crippen LogP contribution in [-0.4, -0.2) is 37.4 Å². The van der Waals surface area contributed by atoms with E-state index < -0.39 is 5.41 Å². The van der Waals surface area contributed by atoms with Gasteiger partial charge in [0.2, 0.25) is 5.91 Å². The zero-order chi connectivity index (χ0) is 24.6. The van der Waals surface area contributed by atoms with Crippen molar-refractivity contribution in [1.82, 2.24) is 4.90 Å². The lowest BCUT2D eigenvalue weighted by atomic mass is 9.92. The number of hydrogen-bond donors (Lipinski definition) is 2. The minimum absolute atomic E-state index is 0.00863. The van der Waals surface area contributed by atoms with E-state index >= 15 is 0 Å². The SMILES string of the molecule is CN(C)C(=O)c1ccc(-c2cc(NC(=O)C3(c4ccc5c(c4)CCN5)CC3)ccc2CC#N)cc1. The minimum atomic E-state index is -0.475. The molecule has 0 aromatic heterocycles. The quantitative estimate of drug-likeness (QED) is 0.551. The van der Waals surface area contributed by atoms with E-state index in [1.807, 2.05) is 30.3 Å². The van der Waals surface area contributed by atoms with Gasteiger partial charge in [-0.1, -0.05) is 30.3 Å². The average molecular weight is 465 g/mol. The van der Waals surface area contributed by atoms with Crippen LogP contribution in [0.5, 0.6) is 0 Å². The van der Waals surface area contributed by atoms with Crippen LogP contribution in [0.25, 0.3) is 11.1 Å². The van der Waals surface area contributed by atoms with Gasteiger partial charge in [-0.25, -0.2) is 0 Å². The van der Waals surface area contributed by atoms with Gasteiger partial charge in [0, 0.05) is 37.6 Å². The van der Waals surface area contributed by atoms with Crippen LogP contribution in [0.15, 0.2) is 60.7 Å². The van der Waals surface area contributed by atoms with Gasteiger partial charge >= 0.3 is 0 Å². The molecule has 35 heavy (non-hydrogen) atoms. The molecule has 6 heteroatoms. The number of nitriles is 1. The molecule has 0 atom stereocenters. The molecule has 1 aliphatic heterocycles. The fourth-order valence-electron chi connectivity index (χ4n) is 4.84. The molecule has 5 rings (SSSR count). The summed E-state index contributed by atoms with van der Waals surface area (Å²) < 4.78 is 0. The lowest BCUT2D eigenvalue weighted by molar-refractivity contribution is -0.118. The Labute approximate surface area is 205 Å². The van der Waals surface area contributed by atoms with Crippen molar-refractivity contribution in [3.8, 4) is 17.2 Å². The third kappa shape index (κ3) is 4.26. The summed E-state index contributed by atoms with van der Waals surface area (Å²) in [6.07, 6.45) is 2.93. The first-order valence-corrected chi connectivity index (χ1v) is 11.9. The van der Waals surface area contributed by atoms with Crippen molar-refractivity contribution >= 4 is 23.2 Å². The number of benzene rings is 3. The van der Waals surface area contributed by atoms with E-state index in [-0.39, 0.29) is 18.2 Å². The van der Waals surface area contributed by atoms with Crippen molar-refractivity contribution in [2.45, 2.75) is 31.1 Å². The fourth-order valence-corrected chi connectivity index (χ4v) is 4.84. The van der Waals surface area contributed by atoms with E-state index in [4.69, 9.17) is 0 Å². The predicted octanol–water partition coefficient (Wildman–Crippen LogP) is 4.76. The molecule has 1 saturated carbocycles. The Morgan fingerprint density at radius 3 is 2.51 bits per heavy atom. The van der Waals surface area contributed by atoms with Crippen LogP contribution in [0.3, 0.4) is 0 Å². The summed E-state index contributed by atoms with van der Waals surface area (Å²) in [6, 6.07) is 21.6. The number of hydrogen-bond acceptors (Lipinski definition) is 4. The van der Waals surface area contributed by atoms with Crippen LogP contribution in [-0.2, 0) is 23.1 Å². The molecule has 0 bridgehead atoms. The van der Waals surface area contributed by atoms with Gasteiger partial charge in [0.25, 0.3) is 5.91 Å². The summed E-state index contributed by atoms with van der Waals surface area (Å²) in [7, 11) is 3.44. The van der Waals surface area contributed by atoms with Gasteiger partial charge in [-0.05, 0) is 77.4 Å². The molecule has 0 radical (unpaired) electrons. The molecule has 1 heterocycles. The van der Waals surface area contributed by atoms with Gasteiger partial charge in [-0.15, -0.1) is 0 Å². The van der Waals surface area contributed by atoms with E-state index in [0.29, 0.717) is 11.3 Å². The van der Waals surface area contributed by atoms with Crippen molar-refractivity contribution in [2.75, 3.05) is 31.3 Å². The van der Waals surface area contributed by atoms with E-state index in [1.54, 1.807) is 26.2 Å². The first-order chi connectivity index (χ1) is 16.9. The van der Waals surface area contributed by atoms with Crippen molar-refractivity contribution in [3.63, 3.8) is 0 Å². The average Bonchev–Trinajstić information content (AvgIpc) is 3.55. The molecule has 3 aromatic carbocycles. The summed E-state index contributed by atoms with van der Waals surface area (Å²) in [5.74, 6) is -0.0544. The highest BCUT2D eigenvalue weighted by Crippen LogP contribution is 2.50. The third-order valence-corrected chi connectivity index (χ3v) is 7.04. The van der Waals surface area contributed by atoms with Crippen molar-refractivity contribution in [1.29, 1.82) is 5.26 Å². The van der Waals surface area contributed by atoms with E-state index in [9.17, 15) is 14.9 Å². The predicted molar refractivity (Wildman–Crippen MR) is 137 cm³/mol. The molecule has 2 N–H and O–H groups in total. The van der Waals surface area contributed by atoms with Crippen LogP contribution < -0.4 is 10.6 Å². The van der Waals surface area contributed by atoms with Gasteiger partial charge in [0.1, 0.15) is 0 Å². The Balaban J connectivity index is 1.41. The maximum Gasteiger partial charge on any atom is 0.253 e. The minimum Gasteiger partial charge on any atom is -0.384 e. The molecule has 1 aliphatic carbocycles. The molecule has 2 aliphatic rings. The number of carbonyl (C=O) groups excluding carboxylic acids is 2. The smallest absolute Gasteiger partial charge is 0.253 e. The van der Waals surface area contributed by atoms with Gasteiger partial charge in [-0.3, -0.25) is 9.59 Å². The third-order valence-electron chi connectivity index (χ3n) is 7.04. The summed E-state index contributed by atoms with van der Waals surface area (Å²) in [4.78, 5) is 27.2. The van der Waals surface area contributed by atoms with Gasteiger partial charge in [0.05, 0.1) is 17.9 Å². The molecule has 6 nitrogen and oxygen atoms in total. The molecule has 1 fully saturated rings. The lowest BCUT2D eigenvalue weighted by Crippen LogP contribution is -2.28. The number of amides is 2. The van der Waals surface area contributed by atoms with E-state index in [1.165, 1.54) is 16.2 Å². The van der Waals surface area contributed by atoms with Crippen molar-refractivity contribution < 1.29 is 9.59 Å². The maximum atomic E-state index is 13.4. The second-order valence-corrected chi connectivity index (χ2v) is 9.57. The molecular weight excluding hydrogens is 436 g/mol. The highest BCUT2D eigenvalue weighted by Gasteiger charge is 2.51. The van der Waals surface area contributed by atoms with E-state index in [2.05, 4.69) is 34.9 Å². The van der Waals surface area contributed by atoms with Crippen LogP contribution in [0, 0.1) is 11.3 Å². The molecule has 2 amide bonds. The highest BCUT2D eigenvalue weighted by atomic mass is 16.2. The first kappa shape index (κ1) is 22.7. The van der Waals surface area contributed by atoms with Crippen LogP contribution >= 0.6 is 0 Å². The zero-order valence-corrected chi connectivity index (χ0v) is 20.0. The second-order valence-electron chi connectivity index (χ2n) is 9.57. The molecule has 0 spiro atoms. The molecule has 176 valence electrons. The van der Waals surface area contributed by atoms with Gasteiger partial charge in [-0.2, -0.15) is 5.26 Å². The largest absolute Gasteiger partial charge is 0.384 e. The zero-order valence-electron chi connectivity index (χ0n) is 20.0. The number of anilines is 2. The van der Waals surface area contributed by atoms with Crippen LogP contribution in [0.4, 0.5) is 11.4 Å². The molecule has 0 saturated heterocycles. The molecule has 3 aromatic rings. The van der Waals surface area contributed by atoms with Crippen molar-refractivity contribution in [3.05, 3.63) is 82.9 Å². The Bertz CT molecular complexity index is 1350. The summed E-state index contributed by atoms with van der Waals surface area (Å²) in [6.45, 7) is 0.945. The number of nitrogens with zero attached hydrogens (tertiary/aromatic N) is 2. The van der Waals surface area contributed by atoms with Crippen LogP contribution in [0.2, 0.25) is 0 Å². The summed E-state index contributed by atoms with van der Waals surface area (Å²) in [5, 5.41) is 15.8. The summed E-state index contributed by atoms with van der Waals surface area (Å²) >= 11 is 0. The maximum absolute atomic E-state index is 13.4. The number of rotatable bonds is 6. The Kier molecular flexibility index (Phi) is 5.78. The highest BCUT2D eigenvalue weighted by molar-refractivity contribution is 6.02. The Hall–Kier alpha value is -4.11. The monoisotopic (exact) mass is 464 g/mol. The topological polar surface area (TPSA) is 85.2 Å². The molecule has 0 unspecified atom stereocenters. The Morgan fingerprint density at radius 1 is 1.06 bits per heavy atom. The van der Waals surface area contributed by atoms with Gasteiger partial charge < -0.3 is 15.5 Å². The number of fused-ring (bicyclic) bond motifs is 1. The number of nitrogens with one attached hydrogen (secondary N) is 2. The summed E-state index contributed by atoms with van der Waals surface area (Å²) in [5.41, 5.74) is 7.01. The molecular formula is C29H28N4O2. The normalized spacial score (nSPS) is 14.9. The fraction of sp³-hybridized carbons (Fsp3) is 0.276. The first-order valence-electron chi connectivity index (χ1n) is 11.9. The second kappa shape index (κ2) is 8.92. The van der Waals surface area contributed by atoms with Crippen LogP contribution in [0.1, 0.15) is 39.9 Å². The number of carbonyl (C=O) groups is 2.